The summed E-state index contributed by atoms with van der Waals surface area (Å²) in [6, 6.07) is 72.0. The summed E-state index contributed by atoms with van der Waals surface area (Å²) in [5, 5.41) is 15.8. The minimum absolute atomic E-state index is 0.793. The van der Waals surface area contributed by atoms with E-state index in [1.807, 2.05) is 7.05 Å². The minimum Gasteiger partial charge on any atom is -0.388 e. The van der Waals surface area contributed by atoms with Crippen LogP contribution in [0.2, 0.25) is 0 Å². The first-order valence-electron chi connectivity index (χ1n) is 15.9. The van der Waals surface area contributed by atoms with E-state index in [-0.39, 0.29) is 0 Å². The van der Waals surface area contributed by atoms with Gasteiger partial charge in [0, 0.05) is 12.7 Å². The van der Waals surface area contributed by atoms with Gasteiger partial charge in [0.2, 0.25) is 0 Å². The number of rotatable bonds is 10. The van der Waals surface area contributed by atoms with Crippen LogP contribution < -0.4 is 53.1 Å². The summed E-state index contributed by atoms with van der Waals surface area (Å²) in [5.41, 5.74) is 1.12. The molecule has 7 aromatic carbocycles. The second-order valence-electron chi connectivity index (χ2n) is 11.1. The van der Waals surface area contributed by atoms with E-state index in [4.69, 9.17) is 0 Å². The summed E-state index contributed by atoms with van der Waals surface area (Å²) in [7, 11) is -0.524. The van der Waals surface area contributed by atoms with E-state index in [2.05, 4.69) is 199 Å². The average molecular weight is 660 g/mol. The highest BCUT2D eigenvalue weighted by atomic mass is 31.1. The van der Waals surface area contributed by atoms with Crippen LogP contribution in [0.3, 0.4) is 0 Å². The smallest absolute Gasteiger partial charge is 0.0338 e. The van der Waals surface area contributed by atoms with Gasteiger partial charge in [0.05, 0.1) is 0 Å². The Morgan fingerprint density at radius 1 is 0.277 bits per heavy atom. The third kappa shape index (κ3) is 6.86. The van der Waals surface area contributed by atoms with Gasteiger partial charge in [-0.2, -0.15) is 0 Å². The fourth-order valence-electron chi connectivity index (χ4n) is 6.03. The van der Waals surface area contributed by atoms with Crippen molar-refractivity contribution in [1.82, 2.24) is 0 Å². The zero-order chi connectivity index (χ0) is 31.8. The summed E-state index contributed by atoms with van der Waals surface area (Å²) in [4.78, 5) is 0. The molecule has 0 saturated heterocycles. The fourth-order valence-corrected chi connectivity index (χ4v) is 14.2. The minimum atomic E-state index is -0.927. The molecule has 0 heterocycles. The number of nitrogens with one attached hydrogen (secondary N) is 1. The van der Waals surface area contributed by atoms with E-state index in [0.29, 0.717) is 0 Å². The molecule has 0 aromatic heterocycles. The number of hydrogen-bond acceptors (Lipinski definition) is 1. The first-order valence-corrected chi connectivity index (χ1v) is 19.9. The van der Waals surface area contributed by atoms with Crippen molar-refractivity contribution in [3.63, 3.8) is 0 Å². The Morgan fingerprint density at radius 2 is 0.532 bits per heavy atom. The van der Waals surface area contributed by atoms with Gasteiger partial charge in [-0.05, 0) is 83.6 Å². The summed E-state index contributed by atoms with van der Waals surface area (Å²) in [6.07, 6.45) is 0. The molecule has 0 aliphatic carbocycles. The van der Waals surface area contributed by atoms with Gasteiger partial charge < -0.3 is 5.32 Å². The molecule has 1 N–H and O–H groups in total. The topological polar surface area (TPSA) is 12.0 Å². The maximum atomic E-state index is 3.33. The van der Waals surface area contributed by atoms with Crippen LogP contribution >= 0.6 is 23.8 Å². The molecule has 7 rings (SSSR count). The van der Waals surface area contributed by atoms with E-state index < -0.39 is 23.8 Å². The standard InChI is InChI=1S/C43H36NP3/c1-44-34-30-32-39(33-31-34)47(42-28-16-14-26-40(42)45(35-18-6-2-7-19-35)36-20-8-3-9-21-36)43-29-17-15-27-41(43)46(37-22-10-4-11-23-37)38-24-12-5-13-25-38/h2-33,44H,1H3. The van der Waals surface area contributed by atoms with Crippen molar-refractivity contribution in [2.75, 3.05) is 12.4 Å². The molecule has 0 radical (unpaired) electrons. The maximum Gasteiger partial charge on any atom is 0.0338 e. The van der Waals surface area contributed by atoms with E-state index in [9.17, 15) is 0 Å². The molecule has 7 aromatic rings. The Bertz CT molecular complexity index is 1810. The fraction of sp³-hybridized carbons (Fsp3) is 0.0233. The molecular weight excluding hydrogens is 623 g/mol. The Hall–Kier alpha value is -4.37. The zero-order valence-electron chi connectivity index (χ0n) is 26.3. The van der Waals surface area contributed by atoms with Crippen molar-refractivity contribution in [2.24, 2.45) is 0 Å². The van der Waals surface area contributed by atoms with E-state index in [1.54, 1.807) is 0 Å². The Morgan fingerprint density at radius 3 is 0.830 bits per heavy atom. The zero-order valence-corrected chi connectivity index (χ0v) is 29.0. The van der Waals surface area contributed by atoms with Crippen molar-refractivity contribution < 1.29 is 0 Å². The molecule has 0 unspecified atom stereocenters. The molecule has 0 aliphatic rings. The molecule has 4 heteroatoms. The molecule has 0 aliphatic heterocycles. The lowest BCUT2D eigenvalue weighted by Crippen LogP contribution is -2.39. The van der Waals surface area contributed by atoms with Crippen LogP contribution in [-0.2, 0) is 0 Å². The summed E-state index contributed by atoms with van der Waals surface area (Å²) >= 11 is 0. The molecule has 0 bridgehead atoms. The predicted molar refractivity (Wildman–Crippen MR) is 212 cm³/mol. The highest BCUT2D eigenvalue weighted by molar-refractivity contribution is 7.87. The summed E-state index contributed by atoms with van der Waals surface area (Å²) in [5.74, 6) is 0. The van der Waals surface area contributed by atoms with E-state index in [0.717, 1.165) is 5.69 Å². The van der Waals surface area contributed by atoms with Crippen LogP contribution in [0.1, 0.15) is 0 Å². The normalized spacial score (nSPS) is 11.2. The number of hydrogen-bond donors (Lipinski definition) is 1. The van der Waals surface area contributed by atoms with Crippen LogP contribution in [0.4, 0.5) is 5.69 Å². The predicted octanol–water partition coefficient (Wildman–Crippen LogP) is 7.00. The Balaban J connectivity index is 1.49. The molecule has 0 spiro atoms. The molecule has 0 saturated carbocycles. The molecule has 228 valence electrons. The third-order valence-electron chi connectivity index (χ3n) is 8.20. The van der Waals surface area contributed by atoms with Crippen LogP contribution in [0.5, 0.6) is 0 Å². The van der Waals surface area contributed by atoms with Gasteiger partial charge in [-0.25, -0.2) is 0 Å². The van der Waals surface area contributed by atoms with Crippen molar-refractivity contribution in [2.45, 2.75) is 0 Å². The quantitative estimate of drug-likeness (QED) is 0.156. The van der Waals surface area contributed by atoms with Gasteiger partial charge in [0.1, 0.15) is 0 Å². The Kier molecular flexibility index (Phi) is 9.99. The van der Waals surface area contributed by atoms with Crippen LogP contribution in [-0.4, -0.2) is 7.05 Å². The van der Waals surface area contributed by atoms with Gasteiger partial charge >= 0.3 is 0 Å². The molecule has 47 heavy (non-hydrogen) atoms. The van der Waals surface area contributed by atoms with Crippen molar-refractivity contribution in [3.05, 3.63) is 194 Å². The van der Waals surface area contributed by atoms with E-state index >= 15 is 0 Å². The second-order valence-corrected chi connectivity index (χ2v) is 17.6. The number of benzene rings is 7. The summed E-state index contributed by atoms with van der Waals surface area (Å²) < 4.78 is 0. The van der Waals surface area contributed by atoms with Gasteiger partial charge in [-0.1, -0.05) is 182 Å². The Labute approximate surface area is 282 Å². The lowest BCUT2D eigenvalue weighted by molar-refractivity contribution is 1.52. The first kappa shape index (κ1) is 31.2. The van der Waals surface area contributed by atoms with Crippen LogP contribution in [0.25, 0.3) is 0 Å². The first-order chi connectivity index (χ1) is 23.3. The molecule has 1 nitrogen and oxygen atoms in total. The van der Waals surface area contributed by atoms with Gasteiger partial charge in [0.15, 0.2) is 0 Å². The highest BCUT2D eigenvalue weighted by Gasteiger charge is 2.29. The lowest BCUT2D eigenvalue weighted by Gasteiger charge is -2.30. The number of anilines is 1. The van der Waals surface area contributed by atoms with Crippen molar-refractivity contribution in [1.29, 1.82) is 0 Å². The van der Waals surface area contributed by atoms with Gasteiger partial charge in [0.25, 0.3) is 0 Å². The van der Waals surface area contributed by atoms with Crippen molar-refractivity contribution in [3.8, 4) is 0 Å². The second kappa shape index (κ2) is 15.0. The maximum absolute atomic E-state index is 3.33. The molecule has 0 atom stereocenters. The van der Waals surface area contributed by atoms with E-state index in [1.165, 1.54) is 47.7 Å². The molecular formula is C43H36NP3. The molecule has 0 amide bonds. The van der Waals surface area contributed by atoms with Crippen LogP contribution in [0, 0.1) is 0 Å². The largest absolute Gasteiger partial charge is 0.388 e. The third-order valence-corrected chi connectivity index (χ3v) is 16.1. The molecule has 0 fully saturated rings. The average Bonchev–Trinajstić information content (AvgIpc) is 3.15. The monoisotopic (exact) mass is 659 g/mol. The van der Waals surface area contributed by atoms with Crippen molar-refractivity contribution >= 4 is 77.2 Å². The lowest BCUT2D eigenvalue weighted by atomic mass is 10.3. The SMILES string of the molecule is CNc1ccc(P(c2ccccc2P(c2ccccc2)c2ccccc2)c2ccccc2P(c2ccccc2)c2ccccc2)cc1. The highest BCUT2D eigenvalue weighted by Crippen LogP contribution is 2.42. The van der Waals surface area contributed by atoms with Gasteiger partial charge in [-0.3, -0.25) is 0 Å². The summed E-state index contributed by atoms with van der Waals surface area (Å²) in [6.45, 7) is 0. The van der Waals surface area contributed by atoms with Crippen LogP contribution in [0.15, 0.2) is 194 Å². The van der Waals surface area contributed by atoms with Gasteiger partial charge in [-0.15, -0.1) is 0 Å².